The molecule has 24 heavy (non-hydrogen) atoms. The zero-order chi connectivity index (χ0) is 16.8. The van der Waals surface area contributed by atoms with Gasteiger partial charge in [-0.3, -0.25) is 0 Å². The monoisotopic (exact) mass is 392 g/mol. The van der Waals surface area contributed by atoms with Crippen LogP contribution in [0.3, 0.4) is 0 Å². The predicted octanol–water partition coefficient (Wildman–Crippen LogP) is 6.19. The predicted molar refractivity (Wildman–Crippen MR) is 104 cm³/mol. The van der Waals surface area contributed by atoms with E-state index in [0.717, 1.165) is 26.3 Å². The third-order valence-corrected chi connectivity index (χ3v) is 4.75. The van der Waals surface area contributed by atoms with Gasteiger partial charge in [-0.25, -0.2) is 4.98 Å². The number of nitrogens with zero attached hydrogens (tertiary/aromatic N) is 2. The Morgan fingerprint density at radius 3 is 2.54 bits per heavy atom. The molecule has 0 saturated heterocycles. The number of allylic oxidation sites excluding steroid dienone is 3. The number of halogens is 1. The lowest BCUT2D eigenvalue weighted by Crippen LogP contribution is -1.82. The molecular formula is C20H13BrN2S. The maximum absolute atomic E-state index is 9.40. The maximum Gasteiger partial charge on any atom is 0.134 e. The summed E-state index contributed by atoms with van der Waals surface area (Å²) >= 11 is 4.91. The first-order valence-electron chi connectivity index (χ1n) is 7.31. The summed E-state index contributed by atoms with van der Waals surface area (Å²) in [7, 11) is 0. The van der Waals surface area contributed by atoms with Crippen molar-refractivity contribution in [3.63, 3.8) is 0 Å². The number of nitriles is 1. The van der Waals surface area contributed by atoms with Crippen LogP contribution in [0.15, 0.2) is 76.6 Å². The van der Waals surface area contributed by atoms with Gasteiger partial charge in [-0.05, 0) is 23.8 Å². The van der Waals surface area contributed by atoms with E-state index in [2.05, 4.69) is 27.0 Å². The van der Waals surface area contributed by atoms with Crippen LogP contribution in [0, 0.1) is 11.3 Å². The molecule has 3 rings (SSSR count). The minimum Gasteiger partial charge on any atom is -0.235 e. The van der Waals surface area contributed by atoms with Crippen LogP contribution < -0.4 is 0 Å². The minimum absolute atomic E-state index is 0.565. The van der Waals surface area contributed by atoms with E-state index in [1.807, 2.05) is 72.1 Å². The number of thiazole rings is 1. The van der Waals surface area contributed by atoms with E-state index in [9.17, 15) is 5.26 Å². The van der Waals surface area contributed by atoms with Crippen molar-refractivity contribution in [1.29, 1.82) is 5.26 Å². The molecule has 0 atom stereocenters. The molecule has 0 amide bonds. The minimum atomic E-state index is 0.565. The number of rotatable bonds is 4. The standard InChI is InChI=1S/C20H13BrN2S/c21-18-11-9-16(10-12-18)19-14-24-20(23-19)17(13-22)8-4-7-15-5-2-1-3-6-15/h1-12,14H/b7-4+,17-8-. The molecule has 0 saturated carbocycles. The van der Waals surface area contributed by atoms with Crippen molar-refractivity contribution in [3.05, 3.63) is 87.2 Å². The van der Waals surface area contributed by atoms with E-state index < -0.39 is 0 Å². The SMILES string of the molecule is N#C/C(=C/C=C/c1ccccc1)c1nc(-c2ccc(Br)cc2)cs1. The highest BCUT2D eigenvalue weighted by atomic mass is 79.9. The average molecular weight is 393 g/mol. The van der Waals surface area contributed by atoms with Gasteiger partial charge in [0, 0.05) is 15.4 Å². The van der Waals surface area contributed by atoms with E-state index in [1.54, 1.807) is 6.08 Å². The van der Waals surface area contributed by atoms with Crippen molar-refractivity contribution in [3.8, 4) is 17.3 Å². The molecule has 0 unspecified atom stereocenters. The van der Waals surface area contributed by atoms with E-state index in [-0.39, 0.29) is 0 Å². The van der Waals surface area contributed by atoms with Crippen molar-refractivity contribution in [2.24, 2.45) is 0 Å². The molecule has 2 nitrogen and oxygen atoms in total. The summed E-state index contributed by atoms with van der Waals surface area (Å²) in [6, 6.07) is 20.2. The molecule has 0 spiro atoms. The highest BCUT2D eigenvalue weighted by molar-refractivity contribution is 9.10. The molecule has 0 fully saturated rings. The first-order valence-corrected chi connectivity index (χ1v) is 8.99. The normalized spacial score (nSPS) is 11.6. The van der Waals surface area contributed by atoms with Crippen molar-refractivity contribution in [1.82, 2.24) is 4.98 Å². The van der Waals surface area contributed by atoms with E-state index in [4.69, 9.17) is 0 Å². The molecule has 1 aromatic heterocycles. The summed E-state index contributed by atoms with van der Waals surface area (Å²) in [5.74, 6) is 0. The quantitative estimate of drug-likeness (QED) is 0.391. The second kappa shape index (κ2) is 7.87. The highest BCUT2D eigenvalue weighted by Crippen LogP contribution is 2.27. The maximum atomic E-state index is 9.40. The highest BCUT2D eigenvalue weighted by Gasteiger charge is 2.08. The van der Waals surface area contributed by atoms with Crippen LogP contribution in [-0.2, 0) is 0 Å². The fourth-order valence-electron chi connectivity index (χ4n) is 2.13. The van der Waals surface area contributed by atoms with Gasteiger partial charge in [-0.15, -0.1) is 11.3 Å². The van der Waals surface area contributed by atoms with Gasteiger partial charge in [-0.2, -0.15) is 5.26 Å². The van der Waals surface area contributed by atoms with Gasteiger partial charge in [0.1, 0.15) is 11.1 Å². The third kappa shape index (κ3) is 4.08. The molecule has 0 bridgehead atoms. The van der Waals surface area contributed by atoms with Crippen LogP contribution in [0.25, 0.3) is 22.9 Å². The lowest BCUT2D eigenvalue weighted by Gasteiger charge is -1.96. The number of aromatic nitrogens is 1. The van der Waals surface area contributed by atoms with Crippen LogP contribution in [0.1, 0.15) is 10.6 Å². The van der Waals surface area contributed by atoms with Gasteiger partial charge in [0.05, 0.1) is 11.3 Å². The fraction of sp³-hybridized carbons (Fsp3) is 0. The zero-order valence-electron chi connectivity index (χ0n) is 12.7. The first-order chi connectivity index (χ1) is 11.8. The van der Waals surface area contributed by atoms with E-state index >= 15 is 0 Å². The Bertz CT molecular complexity index is 916. The van der Waals surface area contributed by atoms with Crippen LogP contribution in [-0.4, -0.2) is 4.98 Å². The Labute approximate surface area is 153 Å². The zero-order valence-corrected chi connectivity index (χ0v) is 15.1. The molecular weight excluding hydrogens is 380 g/mol. The number of hydrogen-bond donors (Lipinski definition) is 0. The smallest absolute Gasteiger partial charge is 0.134 e. The molecule has 0 aliphatic carbocycles. The Morgan fingerprint density at radius 1 is 1.08 bits per heavy atom. The third-order valence-electron chi connectivity index (χ3n) is 3.35. The molecule has 3 aromatic rings. The molecule has 0 aliphatic heterocycles. The lowest BCUT2D eigenvalue weighted by molar-refractivity contribution is 1.36. The van der Waals surface area contributed by atoms with Gasteiger partial charge in [-0.1, -0.05) is 70.5 Å². The molecule has 0 radical (unpaired) electrons. The van der Waals surface area contributed by atoms with Crippen molar-refractivity contribution in [2.45, 2.75) is 0 Å². The summed E-state index contributed by atoms with van der Waals surface area (Å²) < 4.78 is 1.03. The van der Waals surface area contributed by atoms with Gasteiger partial charge >= 0.3 is 0 Å². The fourth-order valence-corrected chi connectivity index (χ4v) is 3.19. The summed E-state index contributed by atoms with van der Waals surface area (Å²) in [5.41, 5.74) is 3.59. The molecule has 2 aromatic carbocycles. The number of hydrogen-bond acceptors (Lipinski definition) is 3. The summed E-state index contributed by atoms with van der Waals surface area (Å²) in [6.07, 6.45) is 5.66. The largest absolute Gasteiger partial charge is 0.235 e. The van der Waals surface area contributed by atoms with Gasteiger partial charge < -0.3 is 0 Å². The Hall–Kier alpha value is -2.48. The van der Waals surface area contributed by atoms with Gasteiger partial charge in [0.2, 0.25) is 0 Å². The second-order valence-electron chi connectivity index (χ2n) is 5.01. The molecule has 4 heteroatoms. The lowest BCUT2D eigenvalue weighted by atomic mass is 10.2. The van der Waals surface area contributed by atoms with Crippen LogP contribution >= 0.6 is 27.3 Å². The Balaban J connectivity index is 1.82. The summed E-state index contributed by atoms with van der Waals surface area (Å²) in [4.78, 5) is 4.59. The first kappa shape index (κ1) is 16.4. The van der Waals surface area contributed by atoms with Crippen LogP contribution in [0.5, 0.6) is 0 Å². The van der Waals surface area contributed by atoms with Crippen molar-refractivity contribution >= 4 is 38.9 Å². The van der Waals surface area contributed by atoms with Gasteiger partial charge in [0.15, 0.2) is 0 Å². The molecule has 116 valence electrons. The van der Waals surface area contributed by atoms with E-state index in [0.29, 0.717) is 5.57 Å². The van der Waals surface area contributed by atoms with Crippen LogP contribution in [0.2, 0.25) is 0 Å². The topological polar surface area (TPSA) is 36.7 Å². The molecule has 0 aliphatic rings. The molecule has 0 N–H and O–H groups in total. The van der Waals surface area contributed by atoms with Crippen molar-refractivity contribution in [2.75, 3.05) is 0 Å². The Kier molecular flexibility index (Phi) is 5.37. The van der Waals surface area contributed by atoms with Gasteiger partial charge in [0.25, 0.3) is 0 Å². The Morgan fingerprint density at radius 2 is 1.83 bits per heavy atom. The average Bonchev–Trinajstić information content (AvgIpc) is 3.10. The van der Waals surface area contributed by atoms with Crippen molar-refractivity contribution < 1.29 is 0 Å². The van der Waals surface area contributed by atoms with E-state index in [1.165, 1.54) is 11.3 Å². The van der Waals surface area contributed by atoms with Crippen LogP contribution in [0.4, 0.5) is 0 Å². The molecule has 1 heterocycles. The summed E-state index contributed by atoms with van der Waals surface area (Å²) in [5, 5.41) is 12.1. The second-order valence-corrected chi connectivity index (χ2v) is 6.78. The summed E-state index contributed by atoms with van der Waals surface area (Å²) in [6.45, 7) is 0. The number of benzene rings is 2.